The van der Waals surface area contributed by atoms with Crippen LogP contribution in [0.1, 0.15) is 0 Å². The van der Waals surface area contributed by atoms with Gasteiger partial charge in [-0.15, -0.1) is 0 Å². The first-order valence-electron chi connectivity index (χ1n) is 8.41. The molecule has 8 nitrogen and oxygen atoms in total. The number of rotatable bonds is 2. The largest absolute Gasteiger partial charge is 0.352 e. The van der Waals surface area contributed by atoms with E-state index >= 15 is 0 Å². The van der Waals surface area contributed by atoms with Crippen molar-refractivity contribution in [3.05, 3.63) is 40.8 Å². The van der Waals surface area contributed by atoms with Gasteiger partial charge in [-0.1, -0.05) is 23.2 Å². The van der Waals surface area contributed by atoms with Crippen LogP contribution in [0.15, 0.2) is 30.7 Å². The predicted molar refractivity (Wildman–Crippen MR) is 106 cm³/mol. The smallest absolute Gasteiger partial charge is 0.321 e. The van der Waals surface area contributed by atoms with Crippen molar-refractivity contribution in [1.82, 2.24) is 24.6 Å². The monoisotopic (exact) mass is 405 g/mol. The van der Waals surface area contributed by atoms with E-state index < -0.39 is 0 Å². The van der Waals surface area contributed by atoms with Crippen LogP contribution in [-0.2, 0) is 7.05 Å². The molecule has 3 heterocycles. The molecule has 2 amide bonds. The van der Waals surface area contributed by atoms with Gasteiger partial charge in [0.25, 0.3) is 0 Å². The number of aromatic nitrogens is 4. The Kier molecular flexibility index (Phi) is 4.75. The van der Waals surface area contributed by atoms with Crippen molar-refractivity contribution < 1.29 is 4.79 Å². The summed E-state index contributed by atoms with van der Waals surface area (Å²) in [5, 5.41) is 8.87. The van der Waals surface area contributed by atoms with E-state index in [0.717, 1.165) is 16.9 Å². The van der Waals surface area contributed by atoms with Gasteiger partial charge < -0.3 is 15.1 Å². The molecule has 1 fully saturated rings. The van der Waals surface area contributed by atoms with E-state index in [1.54, 1.807) is 40.3 Å². The normalized spacial score (nSPS) is 14.6. The van der Waals surface area contributed by atoms with Gasteiger partial charge in [-0.2, -0.15) is 5.10 Å². The zero-order chi connectivity index (χ0) is 19.0. The van der Waals surface area contributed by atoms with E-state index in [1.807, 2.05) is 7.05 Å². The van der Waals surface area contributed by atoms with Gasteiger partial charge in [0.15, 0.2) is 5.65 Å². The molecule has 0 saturated carbocycles. The highest BCUT2D eigenvalue weighted by molar-refractivity contribution is 6.42. The number of carbonyl (C=O) groups excluding carboxylic acids is 1. The minimum Gasteiger partial charge on any atom is -0.352 e. The molecule has 0 spiro atoms. The molecule has 10 heteroatoms. The molecule has 4 rings (SSSR count). The van der Waals surface area contributed by atoms with Crippen molar-refractivity contribution in [2.24, 2.45) is 7.05 Å². The van der Waals surface area contributed by atoms with Gasteiger partial charge >= 0.3 is 6.03 Å². The number of hydrogen-bond acceptors (Lipinski definition) is 5. The molecule has 0 atom stereocenters. The Morgan fingerprint density at radius 2 is 1.89 bits per heavy atom. The zero-order valence-electron chi connectivity index (χ0n) is 14.6. The van der Waals surface area contributed by atoms with Gasteiger partial charge in [0.05, 0.1) is 21.6 Å². The summed E-state index contributed by atoms with van der Waals surface area (Å²) in [6, 6.07) is 4.86. The highest BCUT2D eigenvalue weighted by Crippen LogP contribution is 2.26. The third-order valence-corrected chi connectivity index (χ3v) is 5.28. The van der Waals surface area contributed by atoms with Crippen LogP contribution in [0.4, 0.5) is 16.3 Å². The minimum atomic E-state index is -0.165. The Morgan fingerprint density at radius 1 is 1.11 bits per heavy atom. The average molecular weight is 406 g/mol. The van der Waals surface area contributed by atoms with Crippen molar-refractivity contribution in [1.29, 1.82) is 0 Å². The molecule has 3 aromatic rings. The van der Waals surface area contributed by atoms with Crippen LogP contribution >= 0.6 is 23.2 Å². The SMILES string of the molecule is Cn1ncc2c(N3CCN(C(=O)Nc4ccc(Cl)c(Cl)c4)CC3)ncnc21. The summed E-state index contributed by atoms with van der Waals surface area (Å²) in [7, 11) is 1.85. The second-order valence-corrected chi connectivity index (χ2v) is 7.05. The number of amides is 2. The summed E-state index contributed by atoms with van der Waals surface area (Å²) < 4.78 is 1.72. The number of fused-ring (bicyclic) bond motifs is 1. The fourth-order valence-corrected chi connectivity index (χ4v) is 3.40. The Hall–Kier alpha value is -2.58. The summed E-state index contributed by atoms with van der Waals surface area (Å²) in [6.07, 6.45) is 3.32. The third kappa shape index (κ3) is 3.50. The fraction of sp³-hybridized carbons (Fsp3) is 0.294. The number of nitrogens with zero attached hydrogens (tertiary/aromatic N) is 6. The predicted octanol–water partition coefficient (Wildman–Crippen LogP) is 3.02. The summed E-state index contributed by atoms with van der Waals surface area (Å²) >= 11 is 11.9. The zero-order valence-corrected chi connectivity index (χ0v) is 16.1. The number of urea groups is 1. The molecule has 1 aromatic carbocycles. The first-order valence-corrected chi connectivity index (χ1v) is 9.17. The molecule has 140 valence electrons. The third-order valence-electron chi connectivity index (χ3n) is 4.55. The minimum absolute atomic E-state index is 0.165. The molecule has 27 heavy (non-hydrogen) atoms. The van der Waals surface area contributed by atoms with E-state index in [0.29, 0.717) is 41.9 Å². The number of hydrogen-bond donors (Lipinski definition) is 1. The van der Waals surface area contributed by atoms with Crippen molar-refractivity contribution in [2.75, 3.05) is 36.4 Å². The van der Waals surface area contributed by atoms with Crippen LogP contribution in [0.25, 0.3) is 11.0 Å². The standard InChI is InChI=1S/C17H17Cl2N7O/c1-24-15-12(9-22-24)16(21-10-20-15)25-4-6-26(7-5-25)17(27)23-11-2-3-13(18)14(19)8-11/h2-3,8-10H,4-7H2,1H3,(H,23,27). The molecule has 1 aliphatic rings. The highest BCUT2D eigenvalue weighted by atomic mass is 35.5. The molecule has 1 N–H and O–H groups in total. The first kappa shape index (κ1) is 17.8. The molecule has 1 saturated heterocycles. The van der Waals surface area contributed by atoms with Gasteiger partial charge in [-0.05, 0) is 18.2 Å². The lowest BCUT2D eigenvalue weighted by Gasteiger charge is -2.35. The van der Waals surface area contributed by atoms with Crippen LogP contribution < -0.4 is 10.2 Å². The van der Waals surface area contributed by atoms with E-state index in [-0.39, 0.29) is 6.03 Å². The van der Waals surface area contributed by atoms with Gasteiger partial charge in [-0.3, -0.25) is 4.68 Å². The molecule has 0 unspecified atom stereocenters. The lowest BCUT2D eigenvalue weighted by Crippen LogP contribution is -2.50. The summed E-state index contributed by atoms with van der Waals surface area (Å²) in [5.74, 6) is 0.845. The van der Waals surface area contributed by atoms with Crippen molar-refractivity contribution in [2.45, 2.75) is 0 Å². The van der Waals surface area contributed by atoms with Crippen LogP contribution in [0.2, 0.25) is 10.0 Å². The van der Waals surface area contributed by atoms with E-state index in [2.05, 4.69) is 25.3 Å². The van der Waals surface area contributed by atoms with Gasteiger partial charge in [0.1, 0.15) is 12.1 Å². The maximum absolute atomic E-state index is 12.5. The average Bonchev–Trinajstić information content (AvgIpc) is 3.06. The lowest BCUT2D eigenvalue weighted by atomic mass is 10.3. The number of carbonyl (C=O) groups is 1. The summed E-state index contributed by atoms with van der Waals surface area (Å²) in [4.78, 5) is 25.1. The summed E-state index contributed by atoms with van der Waals surface area (Å²) in [6.45, 7) is 2.52. The maximum atomic E-state index is 12.5. The van der Waals surface area contributed by atoms with Crippen molar-refractivity contribution in [3.8, 4) is 0 Å². The molecular formula is C17H17Cl2N7O. The molecule has 0 aliphatic carbocycles. The summed E-state index contributed by atoms with van der Waals surface area (Å²) in [5.41, 5.74) is 1.41. The number of piperazine rings is 1. The van der Waals surface area contributed by atoms with Crippen LogP contribution in [0, 0.1) is 0 Å². The molecule has 0 radical (unpaired) electrons. The first-order chi connectivity index (χ1) is 13.0. The van der Waals surface area contributed by atoms with Gasteiger partial charge in [0.2, 0.25) is 0 Å². The van der Waals surface area contributed by atoms with E-state index in [1.165, 1.54) is 0 Å². The van der Waals surface area contributed by atoms with Crippen LogP contribution in [0.3, 0.4) is 0 Å². The lowest BCUT2D eigenvalue weighted by molar-refractivity contribution is 0.208. The maximum Gasteiger partial charge on any atom is 0.321 e. The highest BCUT2D eigenvalue weighted by Gasteiger charge is 2.24. The van der Waals surface area contributed by atoms with Crippen LogP contribution in [-0.4, -0.2) is 56.9 Å². The van der Waals surface area contributed by atoms with Crippen LogP contribution in [0.5, 0.6) is 0 Å². The Labute approximate surface area is 165 Å². The second-order valence-electron chi connectivity index (χ2n) is 6.24. The fourth-order valence-electron chi connectivity index (χ4n) is 3.10. The quantitative estimate of drug-likeness (QED) is 0.708. The van der Waals surface area contributed by atoms with Crippen molar-refractivity contribution >= 4 is 51.8 Å². The molecule has 1 aliphatic heterocycles. The topological polar surface area (TPSA) is 79.2 Å². The number of halogens is 2. The Balaban J connectivity index is 1.42. The Bertz CT molecular complexity index is 998. The number of benzene rings is 1. The Morgan fingerprint density at radius 3 is 2.63 bits per heavy atom. The van der Waals surface area contributed by atoms with Crippen molar-refractivity contribution in [3.63, 3.8) is 0 Å². The van der Waals surface area contributed by atoms with E-state index in [4.69, 9.17) is 23.2 Å². The number of nitrogens with one attached hydrogen (secondary N) is 1. The van der Waals surface area contributed by atoms with Gasteiger partial charge in [-0.25, -0.2) is 14.8 Å². The molecule has 0 bridgehead atoms. The molecule has 2 aromatic heterocycles. The number of aryl methyl sites for hydroxylation is 1. The number of anilines is 2. The van der Waals surface area contributed by atoms with E-state index in [9.17, 15) is 4.79 Å². The van der Waals surface area contributed by atoms with Gasteiger partial charge in [0, 0.05) is 38.9 Å². The second kappa shape index (κ2) is 7.21. The molecular weight excluding hydrogens is 389 g/mol.